The Morgan fingerprint density at radius 2 is 2.14 bits per heavy atom. The molecule has 2 heterocycles. The smallest absolute Gasteiger partial charge is 0.252 e. The molecule has 1 amide bonds. The minimum Gasteiger partial charge on any atom is -0.310 e. The van der Waals surface area contributed by atoms with Gasteiger partial charge in [0.1, 0.15) is 5.82 Å². The number of nitrogens with one attached hydrogen (secondary N) is 2. The predicted molar refractivity (Wildman–Crippen MR) is 79.6 cm³/mol. The van der Waals surface area contributed by atoms with Crippen LogP contribution in [0.25, 0.3) is 5.95 Å². The lowest BCUT2D eigenvalue weighted by molar-refractivity contribution is -0.118. The second-order valence-electron chi connectivity index (χ2n) is 5.14. The lowest BCUT2D eigenvalue weighted by atomic mass is 10.2. The maximum atomic E-state index is 11.9. The van der Waals surface area contributed by atoms with Crippen molar-refractivity contribution in [3.05, 3.63) is 33.9 Å². The van der Waals surface area contributed by atoms with Crippen LogP contribution in [-0.4, -0.2) is 25.7 Å². The fraction of sp³-hybridized carbons (Fsp3) is 0.429. The summed E-state index contributed by atoms with van der Waals surface area (Å²) >= 11 is 0. The molecule has 0 saturated heterocycles. The first-order chi connectivity index (χ1) is 9.90. The van der Waals surface area contributed by atoms with Crippen molar-refractivity contribution < 1.29 is 4.79 Å². The van der Waals surface area contributed by atoms with Gasteiger partial charge in [-0.15, -0.1) is 0 Å². The molecule has 0 fully saturated rings. The van der Waals surface area contributed by atoms with Crippen LogP contribution < -0.4 is 10.9 Å². The number of aryl methyl sites for hydroxylation is 2. The van der Waals surface area contributed by atoms with Crippen molar-refractivity contribution in [3.63, 3.8) is 0 Å². The molecule has 0 spiro atoms. The Labute approximate surface area is 122 Å². The second-order valence-corrected chi connectivity index (χ2v) is 5.14. The number of carbonyl (C=O) groups is 1. The van der Waals surface area contributed by atoms with Crippen LogP contribution in [0.4, 0.5) is 5.82 Å². The summed E-state index contributed by atoms with van der Waals surface area (Å²) in [5.74, 6) is 0.516. The Kier molecular flexibility index (Phi) is 4.21. The van der Waals surface area contributed by atoms with E-state index < -0.39 is 0 Å². The molecule has 2 N–H and O–H groups in total. The van der Waals surface area contributed by atoms with Crippen molar-refractivity contribution in [2.75, 3.05) is 5.32 Å². The zero-order valence-electron chi connectivity index (χ0n) is 12.6. The van der Waals surface area contributed by atoms with Gasteiger partial charge in [-0.3, -0.25) is 14.6 Å². The van der Waals surface area contributed by atoms with E-state index in [4.69, 9.17) is 0 Å². The summed E-state index contributed by atoms with van der Waals surface area (Å²) in [6, 6.07) is 3.19. The van der Waals surface area contributed by atoms with Gasteiger partial charge in [0.2, 0.25) is 11.9 Å². The largest absolute Gasteiger partial charge is 0.310 e. The van der Waals surface area contributed by atoms with E-state index in [0.29, 0.717) is 23.9 Å². The molecule has 7 heteroatoms. The number of rotatable bonds is 4. The van der Waals surface area contributed by atoms with Crippen molar-refractivity contribution in [1.82, 2.24) is 19.7 Å². The fourth-order valence-electron chi connectivity index (χ4n) is 1.80. The molecular weight excluding hydrogens is 270 g/mol. The van der Waals surface area contributed by atoms with E-state index in [0.717, 1.165) is 5.69 Å². The Bertz CT molecular complexity index is 714. The van der Waals surface area contributed by atoms with Crippen LogP contribution in [0.15, 0.2) is 16.9 Å². The maximum absolute atomic E-state index is 11.9. The minimum absolute atomic E-state index is 0.120. The molecule has 2 aromatic rings. The van der Waals surface area contributed by atoms with Gasteiger partial charge < -0.3 is 5.32 Å². The number of carbonyl (C=O) groups excluding carboxylic acids is 1. The minimum atomic E-state index is -0.244. The molecule has 0 aromatic carbocycles. The van der Waals surface area contributed by atoms with E-state index in [2.05, 4.69) is 20.4 Å². The average molecular weight is 289 g/mol. The highest BCUT2D eigenvalue weighted by Crippen LogP contribution is 2.15. The third-order valence-corrected chi connectivity index (χ3v) is 2.95. The number of amides is 1. The van der Waals surface area contributed by atoms with Crippen LogP contribution in [0.1, 0.15) is 32.2 Å². The number of H-pyrrole nitrogens is 1. The van der Waals surface area contributed by atoms with E-state index in [1.807, 2.05) is 13.8 Å². The summed E-state index contributed by atoms with van der Waals surface area (Å²) in [5, 5.41) is 7.06. The number of hydrogen-bond donors (Lipinski definition) is 2. The van der Waals surface area contributed by atoms with Crippen LogP contribution in [0, 0.1) is 12.8 Å². The average Bonchev–Trinajstić information content (AvgIpc) is 2.78. The van der Waals surface area contributed by atoms with Gasteiger partial charge in [0.15, 0.2) is 0 Å². The number of aromatic nitrogens is 4. The van der Waals surface area contributed by atoms with Gasteiger partial charge in [0.05, 0.1) is 5.69 Å². The molecule has 0 aliphatic rings. The first-order valence-electron chi connectivity index (χ1n) is 6.89. The van der Waals surface area contributed by atoms with Crippen LogP contribution in [0.5, 0.6) is 0 Å². The van der Waals surface area contributed by atoms with Gasteiger partial charge >= 0.3 is 0 Å². The topological polar surface area (TPSA) is 92.7 Å². The van der Waals surface area contributed by atoms with E-state index in [1.165, 1.54) is 10.7 Å². The number of nitrogens with zero attached hydrogens (tertiary/aromatic N) is 3. The monoisotopic (exact) mass is 289 g/mol. The van der Waals surface area contributed by atoms with Gasteiger partial charge in [-0.2, -0.15) is 9.78 Å². The van der Waals surface area contributed by atoms with Crippen LogP contribution in [-0.2, 0) is 11.2 Å². The molecular formula is C14H19N5O2. The van der Waals surface area contributed by atoms with E-state index in [9.17, 15) is 9.59 Å². The van der Waals surface area contributed by atoms with E-state index in [-0.39, 0.29) is 17.4 Å². The van der Waals surface area contributed by atoms with E-state index >= 15 is 0 Å². The lowest BCUT2D eigenvalue weighted by Crippen LogP contribution is -2.22. The summed E-state index contributed by atoms with van der Waals surface area (Å²) in [6.45, 7) is 7.34. The molecule has 0 unspecified atom stereocenters. The molecule has 0 aliphatic carbocycles. The van der Waals surface area contributed by atoms with Gasteiger partial charge in [0.25, 0.3) is 5.56 Å². The third-order valence-electron chi connectivity index (χ3n) is 2.95. The Hall–Kier alpha value is -2.44. The highest BCUT2D eigenvalue weighted by molar-refractivity contribution is 5.91. The van der Waals surface area contributed by atoms with Crippen molar-refractivity contribution in [2.24, 2.45) is 5.92 Å². The zero-order valence-corrected chi connectivity index (χ0v) is 12.6. The molecule has 0 aliphatic heterocycles. The first-order valence-corrected chi connectivity index (χ1v) is 6.89. The molecule has 0 bridgehead atoms. The zero-order chi connectivity index (χ0) is 15.6. The standard InChI is InChI=1S/C14H19N5O2/c1-5-10-7-12(20)17-14(15-10)19-11(6-9(4)18-19)16-13(21)8(2)3/h6-8H,5H2,1-4H3,(H,16,21)(H,15,17,20). The predicted octanol–water partition coefficient (Wildman–Crippen LogP) is 1.42. The van der Waals surface area contributed by atoms with Crippen molar-refractivity contribution in [3.8, 4) is 5.95 Å². The summed E-state index contributed by atoms with van der Waals surface area (Å²) in [7, 11) is 0. The molecule has 0 radical (unpaired) electrons. The number of hydrogen-bond acceptors (Lipinski definition) is 4. The Morgan fingerprint density at radius 1 is 1.43 bits per heavy atom. The van der Waals surface area contributed by atoms with Crippen molar-refractivity contribution >= 4 is 11.7 Å². The molecule has 0 saturated carbocycles. The summed E-state index contributed by atoms with van der Waals surface area (Å²) in [5.41, 5.74) is 1.15. The van der Waals surface area contributed by atoms with Gasteiger partial charge in [0, 0.05) is 23.7 Å². The second kappa shape index (κ2) is 5.90. The number of aromatic amines is 1. The lowest BCUT2D eigenvalue weighted by Gasteiger charge is -2.10. The van der Waals surface area contributed by atoms with Crippen molar-refractivity contribution in [1.29, 1.82) is 0 Å². The molecule has 2 aromatic heterocycles. The fourth-order valence-corrected chi connectivity index (χ4v) is 1.80. The molecule has 2 rings (SSSR count). The normalized spacial score (nSPS) is 10.9. The number of anilines is 1. The van der Waals surface area contributed by atoms with Crippen LogP contribution in [0.3, 0.4) is 0 Å². The maximum Gasteiger partial charge on any atom is 0.252 e. The Morgan fingerprint density at radius 3 is 2.76 bits per heavy atom. The highest BCUT2D eigenvalue weighted by Gasteiger charge is 2.14. The molecule has 7 nitrogen and oxygen atoms in total. The quantitative estimate of drug-likeness (QED) is 0.890. The highest BCUT2D eigenvalue weighted by atomic mass is 16.2. The first kappa shape index (κ1) is 15.0. The van der Waals surface area contributed by atoms with Crippen molar-refractivity contribution in [2.45, 2.75) is 34.1 Å². The SMILES string of the molecule is CCc1cc(=O)[nH]c(-n2nc(C)cc2NC(=O)C(C)C)n1. The van der Waals surface area contributed by atoms with E-state index in [1.54, 1.807) is 19.9 Å². The summed E-state index contributed by atoms with van der Waals surface area (Å²) in [4.78, 5) is 30.5. The molecule has 112 valence electrons. The van der Waals surface area contributed by atoms with Gasteiger partial charge in [-0.1, -0.05) is 20.8 Å². The summed E-state index contributed by atoms with van der Waals surface area (Å²) in [6.07, 6.45) is 0.644. The third kappa shape index (κ3) is 3.36. The van der Waals surface area contributed by atoms with Crippen LogP contribution in [0.2, 0.25) is 0 Å². The van der Waals surface area contributed by atoms with Gasteiger partial charge in [-0.05, 0) is 13.3 Å². The van der Waals surface area contributed by atoms with Gasteiger partial charge in [-0.25, -0.2) is 4.98 Å². The molecule has 0 atom stereocenters. The van der Waals surface area contributed by atoms with Crippen LogP contribution >= 0.6 is 0 Å². The summed E-state index contributed by atoms with van der Waals surface area (Å²) < 4.78 is 1.44. The Balaban J connectivity index is 2.47. The molecule has 21 heavy (non-hydrogen) atoms.